The summed E-state index contributed by atoms with van der Waals surface area (Å²) >= 11 is 5.86. The monoisotopic (exact) mass is 325 g/mol. The van der Waals surface area contributed by atoms with Crippen LogP contribution in [-0.2, 0) is 9.53 Å². The quantitative estimate of drug-likeness (QED) is 0.600. The van der Waals surface area contributed by atoms with Gasteiger partial charge in [-0.1, -0.05) is 49.7 Å². The Morgan fingerprint density at radius 2 is 1.70 bits per heavy atom. The second-order valence-electron chi connectivity index (χ2n) is 5.66. The predicted octanol–water partition coefficient (Wildman–Crippen LogP) is 4.81. The van der Waals surface area contributed by atoms with Crippen LogP contribution in [0.1, 0.15) is 36.5 Å². The van der Waals surface area contributed by atoms with E-state index in [1.165, 1.54) is 5.56 Å². The van der Waals surface area contributed by atoms with Crippen LogP contribution in [0.5, 0.6) is 0 Å². The molecule has 0 N–H and O–H groups in total. The molecule has 0 saturated heterocycles. The molecule has 0 atom stereocenters. The van der Waals surface area contributed by atoms with E-state index < -0.39 is 5.97 Å². The molecular formula is C19H16ClNO2. The maximum absolute atomic E-state index is 12.0. The van der Waals surface area contributed by atoms with Gasteiger partial charge < -0.3 is 4.74 Å². The van der Waals surface area contributed by atoms with Gasteiger partial charge in [0, 0.05) is 10.6 Å². The summed E-state index contributed by atoms with van der Waals surface area (Å²) in [6, 6.07) is 15.1. The molecular weight excluding hydrogens is 310 g/mol. The lowest BCUT2D eigenvalue weighted by atomic mass is 10.0. The predicted molar refractivity (Wildman–Crippen MR) is 92.6 cm³/mol. The third-order valence-corrected chi connectivity index (χ3v) is 3.87. The fourth-order valence-electron chi connectivity index (χ4n) is 2.26. The first-order valence-electron chi connectivity index (χ1n) is 7.41. The number of benzene rings is 2. The lowest BCUT2D eigenvalue weighted by Crippen LogP contribution is -2.05. The van der Waals surface area contributed by atoms with Crippen molar-refractivity contribution in [3.05, 3.63) is 75.9 Å². The largest absolute Gasteiger partial charge is 0.402 e. The van der Waals surface area contributed by atoms with Gasteiger partial charge in [-0.2, -0.15) is 0 Å². The number of ether oxygens (including phenoxy) is 1. The Kier molecular flexibility index (Phi) is 4.30. The molecule has 2 aromatic rings. The van der Waals surface area contributed by atoms with Crippen LogP contribution < -0.4 is 0 Å². The van der Waals surface area contributed by atoms with Crippen LogP contribution in [0.15, 0.2) is 59.2 Å². The zero-order valence-corrected chi connectivity index (χ0v) is 13.7. The number of cyclic esters (lactones) is 1. The first-order valence-corrected chi connectivity index (χ1v) is 7.79. The maximum atomic E-state index is 12.0. The van der Waals surface area contributed by atoms with Crippen molar-refractivity contribution < 1.29 is 9.53 Å². The second kappa shape index (κ2) is 6.39. The van der Waals surface area contributed by atoms with Gasteiger partial charge in [0.15, 0.2) is 5.70 Å². The summed E-state index contributed by atoms with van der Waals surface area (Å²) in [5, 5.41) is 0.625. The molecule has 116 valence electrons. The molecule has 0 radical (unpaired) electrons. The number of nitrogens with zero attached hydrogens (tertiary/aromatic N) is 1. The molecule has 0 fully saturated rings. The molecule has 0 unspecified atom stereocenters. The van der Waals surface area contributed by atoms with E-state index in [-0.39, 0.29) is 0 Å². The Balaban J connectivity index is 1.87. The van der Waals surface area contributed by atoms with Crippen molar-refractivity contribution in [2.45, 2.75) is 19.8 Å². The van der Waals surface area contributed by atoms with Crippen LogP contribution in [0.25, 0.3) is 6.08 Å². The molecule has 2 aromatic carbocycles. The maximum Gasteiger partial charge on any atom is 0.363 e. The Morgan fingerprint density at radius 1 is 1.04 bits per heavy atom. The van der Waals surface area contributed by atoms with E-state index in [1.54, 1.807) is 30.3 Å². The van der Waals surface area contributed by atoms with Crippen molar-refractivity contribution in [3.8, 4) is 0 Å². The van der Waals surface area contributed by atoms with Crippen molar-refractivity contribution in [2.75, 3.05) is 0 Å². The van der Waals surface area contributed by atoms with E-state index in [9.17, 15) is 4.79 Å². The van der Waals surface area contributed by atoms with Crippen molar-refractivity contribution >= 4 is 29.5 Å². The molecule has 1 heterocycles. The first-order chi connectivity index (χ1) is 11.0. The third kappa shape index (κ3) is 3.51. The van der Waals surface area contributed by atoms with Gasteiger partial charge in [-0.25, -0.2) is 9.79 Å². The van der Waals surface area contributed by atoms with Gasteiger partial charge >= 0.3 is 5.97 Å². The van der Waals surface area contributed by atoms with E-state index >= 15 is 0 Å². The average Bonchev–Trinajstić information content (AvgIpc) is 2.89. The molecule has 3 rings (SSSR count). The van der Waals surface area contributed by atoms with Crippen molar-refractivity contribution in [3.63, 3.8) is 0 Å². The van der Waals surface area contributed by atoms with Crippen molar-refractivity contribution in [1.29, 1.82) is 0 Å². The van der Waals surface area contributed by atoms with E-state index in [0.29, 0.717) is 22.5 Å². The summed E-state index contributed by atoms with van der Waals surface area (Å²) in [6.07, 6.45) is 1.73. The SMILES string of the molecule is CC(C)c1ccc(/C=C2\N=C(c3ccc(Cl)cc3)OC2=O)cc1. The number of esters is 1. The van der Waals surface area contributed by atoms with Gasteiger partial charge in [0.25, 0.3) is 0 Å². The molecule has 1 aliphatic heterocycles. The summed E-state index contributed by atoms with van der Waals surface area (Å²) in [5.74, 6) is 0.335. The van der Waals surface area contributed by atoms with Gasteiger partial charge in [-0.05, 0) is 47.4 Å². The molecule has 1 aliphatic rings. The third-order valence-electron chi connectivity index (χ3n) is 3.62. The number of hydrogen-bond acceptors (Lipinski definition) is 3. The summed E-state index contributed by atoms with van der Waals surface area (Å²) in [6.45, 7) is 4.29. The Labute approximate surface area is 140 Å². The van der Waals surface area contributed by atoms with Gasteiger partial charge in [0.05, 0.1) is 0 Å². The minimum absolute atomic E-state index is 0.298. The highest BCUT2D eigenvalue weighted by Gasteiger charge is 2.24. The number of aliphatic imine (C=N–C) groups is 1. The van der Waals surface area contributed by atoms with Crippen LogP contribution >= 0.6 is 11.6 Å². The van der Waals surface area contributed by atoms with Gasteiger partial charge in [0.1, 0.15) is 0 Å². The molecule has 0 saturated carbocycles. The highest BCUT2D eigenvalue weighted by atomic mass is 35.5. The first kappa shape index (κ1) is 15.5. The highest BCUT2D eigenvalue weighted by molar-refractivity contribution is 6.30. The Bertz CT molecular complexity index is 787. The molecule has 0 amide bonds. The second-order valence-corrected chi connectivity index (χ2v) is 6.10. The Morgan fingerprint density at radius 3 is 2.30 bits per heavy atom. The minimum Gasteiger partial charge on any atom is -0.402 e. The van der Waals surface area contributed by atoms with Crippen LogP contribution in [0.4, 0.5) is 0 Å². The van der Waals surface area contributed by atoms with Crippen LogP contribution in [0.3, 0.4) is 0 Å². The lowest BCUT2D eigenvalue weighted by Gasteiger charge is -2.04. The lowest BCUT2D eigenvalue weighted by molar-refractivity contribution is -0.129. The molecule has 0 aromatic heterocycles. The fourth-order valence-corrected chi connectivity index (χ4v) is 2.39. The normalized spacial score (nSPS) is 15.9. The smallest absolute Gasteiger partial charge is 0.363 e. The number of carbonyl (C=O) groups excluding carboxylic acids is 1. The molecule has 0 aliphatic carbocycles. The number of halogens is 1. The molecule has 23 heavy (non-hydrogen) atoms. The zero-order valence-electron chi connectivity index (χ0n) is 12.9. The van der Waals surface area contributed by atoms with Crippen molar-refractivity contribution in [1.82, 2.24) is 0 Å². The molecule has 0 bridgehead atoms. The summed E-state index contributed by atoms with van der Waals surface area (Å²) in [5.41, 5.74) is 3.20. The Hall–Kier alpha value is -2.39. The van der Waals surface area contributed by atoms with E-state index in [0.717, 1.165) is 11.1 Å². The number of hydrogen-bond donors (Lipinski definition) is 0. The average molecular weight is 326 g/mol. The number of rotatable bonds is 3. The zero-order chi connectivity index (χ0) is 16.4. The van der Waals surface area contributed by atoms with E-state index in [1.807, 2.05) is 12.1 Å². The summed E-state index contributed by atoms with van der Waals surface area (Å²) in [7, 11) is 0. The molecule has 4 heteroatoms. The van der Waals surface area contributed by atoms with Gasteiger partial charge in [0.2, 0.25) is 5.90 Å². The van der Waals surface area contributed by atoms with Crippen LogP contribution in [0, 0.1) is 0 Å². The van der Waals surface area contributed by atoms with E-state index in [2.05, 4.69) is 31.0 Å². The molecule has 0 spiro atoms. The summed E-state index contributed by atoms with van der Waals surface area (Å²) in [4.78, 5) is 16.3. The topological polar surface area (TPSA) is 38.7 Å². The van der Waals surface area contributed by atoms with Gasteiger partial charge in [-0.15, -0.1) is 0 Å². The van der Waals surface area contributed by atoms with Crippen LogP contribution in [-0.4, -0.2) is 11.9 Å². The standard InChI is InChI=1S/C19H16ClNO2/c1-12(2)14-5-3-13(4-6-14)11-17-19(22)23-18(21-17)15-7-9-16(20)10-8-15/h3-12H,1-2H3/b17-11-. The van der Waals surface area contributed by atoms with Crippen LogP contribution in [0.2, 0.25) is 5.02 Å². The summed E-state index contributed by atoms with van der Waals surface area (Å²) < 4.78 is 5.23. The molecule has 3 nitrogen and oxygen atoms in total. The van der Waals surface area contributed by atoms with Crippen molar-refractivity contribution in [2.24, 2.45) is 4.99 Å². The highest BCUT2D eigenvalue weighted by Crippen LogP contribution is 2.21. The minimum atomic E-state index is -0.442. The van der Waals surface area contributed by atoms with Gasteiger partial charge in [-0.3, -0.25) is 0 Å². The number of carbonyl (C=O) groups is 1. The fraction of sp³-hybridized carbons (Fsp3) is 0.158. The van der Waals surface area contributed by atoms with E-state index in [4.69, 9.17) is 16.3 Å².